The maximum atomic E-state index is 12.4. The van der Waals surface area contributed by atoms with Crippen molar-refractivity contribution < 1.29 is 24.4 Å². The van der Waals surface area contributed by atoms with Gasteiger partial charge >= 0.3 is 0 Å². The number of nitrogens with zero attached hydrogens (tertiary/aromatic N) is 1. The van der Waals surface area contributed by atoms with Gasteiger partial charge in [0.1, 0.15) is 0 Å². The predicted molar refractivity (Wildman–Crippen MR) is 111 cm³/mol. The summed E-state index contributed by atoms with van der Waals surface area (Å²) in [4.78, 5) is 2.67. The zero-order chi connectivity index (χ0) is 21.1. The van der Waals surface area contributed by atoms with Crippen LogP contribution in [0.1, 0.15) is 39.0 Å². The summed E-state index contributed by atoms with van der Waals surface area (Å²) in [5, 5.41) is 23.8. The lowest BCUT2D eigenvalue weighted by atomic mass is 9.43. The molecule has 6 heteroatoms. The van der Waals surface area contributed by atoms with Crippen molar-refractivity contribution in [2.75, 3.05) is 41.0 Å². The van der Waals surface area contributed by atoms with Gasteiger partial charge in [0, 0.05) is 68.9 Å². The Morgan fingerprint density at radius 3 is 2.57 bits per heavy atom. The van der Waals surface area contributed by atoms with Crippen molar-refractivity contribution in [2.24, 2.45) is 40.4 Å². The lowest BCUT2D eigenvalue weighted by molar-refractivity contribution is -0.276. The van der Waals surface area contributed by atoms with Crippen molar-refractivity contribution >= 4 is 0 Å². The molecule has 6 nitrogen and oxygen atoms in total. The molecule has 5 saturated carbocycles. The highest BCUT2D eigenvalue weighted by molar-refractivity contribution is 5.33. The molecule has 0 aromatic heterocycles. The van der Waals surface area contributed by atoms with Gasteiger partial charge in [-0.25, -0.2) is 0 Å². The molecule has 6 rings (SSSR count). The van der Waals surface area contributed by atoms with Crippen molar-refractivity contribution in [3.8, 4) is 0 Å². The van der Waals surface area contributed by atoms with Crippen molar-refractivity contribution in [1.82, 2.24) is 4.90 Å². The van der Waals surface area contributed by atoms with Gasteiger partial charge in [0.15, 0.2) is 0 Å². The van der Waals surface area contributed by atoms with E-state index in [0.717, 1.165) is 45.4 Å². The third-order valence-electron chi connectivity index (χ3n) is 11.2. The number of hydrogen-bond acceptors (Lipinski definition) is 6. The minimum Gasteiger partial charge on any atom is -0.392 e. The van der Waals surface area contributed by atoms with Crippen LogP contribution in [0, 0.1) is 40.4 Å². The number of fused-ring (bicyclic) bond motifs is 2. The van der Waals surface area contributed by atoms with Gasteiger partial charge in [-0.2, -0.15) is 0 Å². The Morgan fingerprint density at radius 2 is 1.90 bits per heavy atom. The summed E-state index contributed by atoms with van der Waals surface area (Å²) in [5.74, 6) is 1.03. The molecule has 2 unspecified atom stereocenters. The topological polar surface area (TPSA) is 71.4 Å². The third-order valence-corrected chi connectivity index (χ3v) is 11.2. The number of hydrogen-bond donors (Lipinski definition) is 2. The van der Waals surface area contributed by atoms with E-state index in [-0.39, 0.29) is 46.7 Å². The van der Waals surface area contributed by atoms with Gasteiger partial charge in [-0.05, 0) is 44.1 Å². The summed E-state index contributed by atoms with van der Waals surface area (Å²) in [6.45, 7) is 5.11. The minimum absolute atomic E-state index is 0.000283. The van der Waals surface area contributed by atoms with Crippen LogP contribution >= 0.6 is 0 Å². The fraction of sp³-hybridized carbons (Fsp3) is 1.00. The lowest BCUT2D eigenvalue weighted by Crippen LogP contribution is -2.76. The Morgan fingerprint density at radius 1 is 1.10 bits per heavy atom. The summed E-state index contributed by atoms with van der Waals surface area (Å²) in [6.07, 6.45) is 4.52. The first-order chi connectivity index (χ1) is 14.4. The van der Waals surface area contributed by atoms with E-state index in [1.165, 1.54) is 0 Å². The molecule has 0 radical (unpaired) electrons. The van der Waals surface area contributed by atoms with Gasteiger partial charge in [0.05, 0.1) is 30.5 Å². The van der Waals surface area contributed by atoms with E-state index < -0.39 is 11.7 Å². The van der Waals surface area contributed by atoms with Crippen LogP contribution in [0.15, 0.2) is 0 Å². The summed E-state index contributed by atoms with van der Waals surface area (Å²) < 4.78 is 18.0. The van der Waals surface area contributed by atoms with Crippen LogP contribution in [-0.2, 0) is 14.2 Å². The normalized spacial score (nSPS) is 60.8. The second-order valence-corrected chi connectivity index (χ2v) is 11.5. The molecule has 6 fully saturated rings. The molecule has 0 amide bonds. The summed E-state index contributed by atoms with van der Waals surface area (Å²) in [5.41, 5.74) is -0.719. The van der Waals surface area contributed by atoms with Gasteiger partial charge in [0.2, 0.25) is 0 Å². The highest BCUT2D eigenvalue weighted by Gasteiger charge is 2.83. The molecule has 5 aliphatic carbocycles. The van der Waals surface area contributed by atoms with Crippen LogP contribution in [-0.4, -0.2) is 86.1 Å². The van der Waals surface area contributed by atoms with Gasteiger partial charge in [0.25, 0.3) is 0 Å². The highest BCUT2D eigenvalue weighted by Crippen LogP contribution is 2.79. The molecular weight excluding hydrogens is 382 g/mol. The minimum atomic E-state index is -0.847. The van der Waals surface area contributed by atoms with Crippen molar-refractivity contribution in [3.63, 3.8) is 0 Å². The smallest absolute Gasteiger partial charge is 0.0771 e. The van der Waals surface area contributed by atoms with Crippen molar-refractivity contribution in [3.05, 3.63) is 0 Å². The van der Waals surface area contributed by atoms with Crippen LogP contribution in [0.25, 0.3) is 0 Å². The summed E-state index contributed by atoms with van der Waals surface area (Å²) >= 11 is 0. The number of ether oxygens (including phenoxy) is 3. The number of piperidine rings is 1. The van der Waals surface area contributed by atoms with E-state index >= 15 is 0 Å². The first kappa shape index (κ1) is 20.4. The van der Waals surface area contributed by atoms with Gasteiger partial charge in [-0.3, -0.25) is 4.90 Å². The number of aliphatic hydroxyl groups excluding tert-OH is 1. The fourth-order valence-electron chi connectivity index (χ4n) is 10.7. The Kier molecular flexibility index (Phi) is 4.36. The standard InChI is InChI=1S/C24H39NO5/c1-5-25-11-22(12-28-2)7-6-18(30-4)24-14-8-13-16(29-3)10-23(27,19(14)20(13)26)15(21(24)25)9-17(22)24/h13-21,26-27H,5-12H2,1-4H3/t13-,14-,15+,16+,17-,18+,19?,20+,21?,22+,23+,24-/m1/s1. The van der Waals surface area contributed by atoms with E-state index in [1.54, 1.807) is 7.11 Å². The fourth-order valence-corrected chi connectivity index (χ4v) is 10.7. The molecule has 170 valence electrons. The molecule has 30 heavy (non-hydrogen) atoms. The average Bonchev–Trinajstić information content (AvgIpc) is 3.15. The molecule has 0 aromatic rings. The zero-order valence-electron chi connectivity index (χ0n) is 18.9. The number of aliphatic hydroxyl groups is 2. The lowest BCUT2D eigenvalue weighted by Gasteiger charge is -2.69. The van der Waals surface area contributed by atoms with Gasteiger partial charge in [-0.15, -0.1) is 0 Å². The molecule has 2 N–H and O–H groups in total. The first-order valence-corrected chi connectivity index (χ1v) is 12.1. The molecular formula is C24H39NO5. The Hall–Kier alpha value is -0.240. The predicted octanol–water partition coefficient (Wildman–Crippen LogP) is 1.53. The second kappa shape index (κ2) is 6.42. The molecule has 0 aromatic carbocycles. The molecule has 1 spiro atoms. The third kappa shape index (κ3) is 2.00. The zero-order valence-corrected chi connectivity index (χ0v) is 18.9. The quantitative estimate of drug-likeness (QED) is 0.702. The Balaban J connectivity index is 1.58. The summed E-state index contributed by atoms with van der Waals surface area (Å²) in [7, 11) is 5.48. The highest BCUT2D eigenvalue weighted by atomic mass is 16.5. The van der Waals surface area contributed by atoms with Gasteiger partial charge < -0.3 is 24.4 Å². The van der Waals surface area contributed by atoms with E-state index in [9.17, 15) is 10.2 Å². The van der Waals surface area contributed by atoms with E-state index in [1.807, 2.05) is 14.2 Å². The maximum Gasteiger partial charge on any atom is 0.0771 e. The number of rotatable bonds is 5. The van der Waals surface area contributed by atoms with Crippen LogP contribution in [0.3, 0.4) is 0 Å². The van der Waals surface area contributed by atoms with Crippen LogP contribution in [0.4, 0.5) is 0 Å². The molecule has 12 atom stereocenters. The van der Waals surface area contributed by atoms with Crippen LogP contribution < -0.4 is 0 Å². The van der Waals surface area contributed by atoms with Crippen LogP contribution in [0.5, 0.6) is 0 Å². The van der Waals surface area contributed by atoms with E-state index in [2.05, 4.69) is 11.8 Å². The maximum absolute atomic E-state index is 12.4. The first-order valence-electron chi connectivity index (χ1n) is 12.1. The molecule has 1 aliphatic heterocycles. The van der Waals surface area contributed by atoms with E-state index in [4.69, 9.17) is 14.2 Å². The number of likely N-dealkylation sites (tertiary alicyclic amines) is 1. The molecule has 6 aliphatic rings. The Bertz CT molecular complexity index is 720. The average molecular weight is 422 g/mol. The monoisotopic (exact) mass is 421 g/mol. The molecule has 1 heterocycles. The van der Waals surface area contributed by atoms with Gasteiger partial charge in [-0.1, -0.05) is 6.92 Å². The molecule has 7 bridgehead atoms. The van der Waals surface area contributed by atoms with Crippen molar-refractivity contribution in [1.29, 1.82) is 0 Å². The molecule has 1 saturated heterocycles. The number of methoxy groups -OCH3 is 3. The second-order valence-electron chi connectivity index (χ2n) is 11.5. The summed E-state index contributed by atoms with van der Waals surface area (Å²) in [6, 6.07) is 0.329. The van der Waals surface area contributed by atoms with Crippen molar-refractivity contribution in [2.45, 2.75) is 69.0 Å². The Labute approximate surface area is 180 Å². The largest absolute Gasteiger partial charge is 0.392 e. The SMILES string of the molecule is CCN1C[C@]2(COC)CC[C@H](OC)[C@]34C1[C@H](C[C@H]23)[C@@]1(O)C[C@H](OC)[C@H]2C[C@@H]4C1[C@H]2O. The van der Waals surface area contributed by atoms with Crippen LogP contribution in [0.2, 0.25) is 0 Å². The van der Waals surface area contributed by atoms with E-state index in [0.29, 0.717) is 18.4 Å².